The Morgan fingerprint density at radius 3 is 2.36 bits per heavy atom. The van der Waals surface area contributed by atoms with Gasteiger partial charge in [0.2, 0.25) is 0 Å². The van der Waals surface area contributed by atoms with Gasteiger partial charge in [0.25, 0.3) is 0 Å². The normalized spacial score (nSPS) is 18.5. The molecule has 1 fully saturated rings. The molecule has 3 nitrogen and oxygen atoms in total. The summed E-state index contributed by atoms with van der Waals surface area (Å²) in [7, 11) is 0. The van der Waals surface area contributed by atoms with Crippen LogP contribution in [0.1, 0.15) is 49.7 Å². The van der Waals surface area contributed by atoms with Gasteiger partial charge in [-0.15, -0.1) is 0 Å². The minimum Gasteiger partial charge on any atom is -0.384 e. The molecule has 1 N–H and O–H groups in total. The zero-order chi connectivity index (χ0) is 19.8. The number of morpholine rings is 1. The van der Waals surface area contributed by atoms with E-state index in [0.717, 1.165) is 63.2 Å². The van der Waals surface area contributed by atoms with Crippen molar-refractivity contribution in [1.82, 2.24) is 4.90 Å². The molecule has 4 heteroatoms. The van der Waals surface area contributed by atoms with Gasteiger partial charge in [-0.1, -0.05) is 68.7 Å². The van der Waals surface area contributed by atoms with Crippen molar-refractivity contribution < 1.29 is 14.2 Å². The molecule has 2 atom stereocenters. The molecule has 2 unspecified atom stereocenters. The summed E-state index contributed by atoms with van der Waals surface area (Å²) in [5, 5.41) is 12.1. The first-order valence-electron chi connectivity index (χ1n) is 10.5. The Kier molecular flexibility index (Phi) is 7.60. The highest BCUT2D eigenvalue weighted by molar-refractivity contribution is 5.32. The van der Waals surface area contributed by atoms with Gasteiger partial charge in [-0.25, -0.2) is 4.39 Å². The van der Waals surface area contributed by atoms with Crippen LogP contribution in [0.25, 0.3) is 0 Å². The summed E-state index contributed by atoms with van der Waals surface area (Å²) < 4.78 is 19.1. The monoisotopic (exact) mass is 385 g/mol. The van der Waals surface area contributed by atoms with Gasteiger partial charge in [-0.2, -0.15) is 0 Å². The lowest BCUT2D eigenvalue weighted by atomic mass is 9.74. The molecule has 3 rings (SSSR count). The number of halogens is 1. The van der Waals surface area contributed by atoms with Crippen LogP contribution in [-0.2, 0) is 10.3 Å². The smallest absolute Gasteiger partial charge is 0.123 e. The van der Waals surface area contributed by atoms with Crippen LogP contribution in [0.2, 0.25) is 0 Å². The second-order valence-electron chi connectivity index (χ2n) is 7.76. The van der Waals surface area contributed by atoms with E-state index in [9.17, 15) is 9.50 Å². The molecule has 0 bridgehead atoms. The number of hydrogen-bond donors (Lipinski definition) is 1. The molecule has 1 heterocycles. The van der Waals surface area contributed by atoms with Crippen LogP contribution in [0, 0.1) is 5.82 Å². The molecule has 1 aliphatic heterocycles. The lowest BCUT2D eigenvalue weighted by molar-refractivity contribution is -0.0296. The average Bonchev–Trinajstić information content (AvgIpc) is 2.74. The Morgan fingerprint density at radius 2 is 1.71 bits per heavy atom. The Morgan fingerprint density at radius 1 is 1.04 bits per heavy atom. The zero-order valence-electron chi connectivity index (χ0n) is 16.8. The molecular weight excluding hydrogens is 353 g/mol. The second-order valence-corrected chi connectivity index (χ2v) is 7.76. The first kappa shape index (κ1) is 21.0. The Bertz CT molecular complexity index is 700. The largest absolute Gasteiger partial charge is 0.384 e. The van der Waals surface area contributed by atoms with E-state index in [2.05, 4.69) is 24.0 Å². The van der Waals surface area contributed by atoms with Crippen LogP contribution in [0.5, 0.6) is 0 Å². The number of hydrogen-bond acceptors (Lipinski definition) is 3. The maximum atomic E-state index is 13.6. The number of ether oxygens (including phenoxy) is 1. The summed E-state index contributed by atoms with van der Waals surface area (Å²) in [5.74, 6) is -0.363. The van der Waals surface area contributed by atoms with E-state index >= 15 is 0 Å². The lowest BCUT2D eigenvalue weighted by Crippen LogP contribution is -2.45. The van der Waals surface area contributed by atoms with Gasteiger partial charge < -0.3 is 9.84 Å². The van der Waals surface area contributed by atoms with Crippen LogP contribution in [0.3, 0.4) is 0 Å². The van der Waals surface area contributed by atoms with Crippen molar-refractivity contribution in [2.24, 2.45) is 0 Å². The first-order valence-corrected chi connectivity index (χ1v) is 10.5. The van der Waals surface area contributed by atoms with E-state index in [1.54, 1.807) is 12.1 Å². The third-order valence-corrected chi connectivity index (χ3v) is 5.83. The third kappa shape index (κ3) is 5.19. The van der Waals surface area contributed by atoms with Gasteiger partial charge in [-0.05, 0) is 29.7 Å². The summed E-state index contributed by atoms with van der Waals surface area (Å²) in [5.41, 5.74) is 0.882. The second kappa shape index (κ2) is 10.1. The highest BCUT2D eigenvalue weighted by Gasteiger charge is 2.40. The molecule has 0 amide bonds. The minimum atomic E-state index is -1.04. The zero-order valence-corrected chi connectivity index (χ0v) is 16.8. The van der Waals surface area contributed by atoms with E-state index in [1.165, 1.54) is 12.1 Å². The molecule has 1 aliphatic rings. The van der Waals surface area contributed by atoms with Crippen LogP contribution in [0.4, 0.5) is 4.39 Å². The predicted octanol–water partition coefficient (Wildman–Crippen LogP) is 4.71. The molecule has 2 aromatic carbocycles. The van der Waals surface area contributed by atoms with Crippen molar-refractivity contribution in [2.45, 2.75) is 44.1 Å². The van der Waals surface area contributed by atoms with E-state index in [4.69, 9.17) is 4.74 Å². The Balaban J connectivity index is 1.97. The molecular formula is C24H32FNO2. The van der Waals surface area contributed by atoms with Crippen molar-refractivity contribution in [1.29, 1.82) is 0 Å². The predicted molar refractivity (Wildman–Crippen MR) is 111 cm³/mol. The van der Waals surface area contributed by atoms with Crippen LogP contribution in [0.15, 0.2) is 54.6 Å². The average molecular weight is 386 g/mol. The fourth-order valence-corrected chi connectivity index (χ4v) is 4.16. The van der Waals surface area contributed by atoms with Gasteiger partial charge in [0.1, 0.15) is 5.82 Å². The molecule has 2 aromatic rings. The number of benzene rings is 2. The van der Waals surface area contributed by atoms with Gasteiger partial charge in [-0.3, -0.25) is 4.90 Å². The number of unbranched alkanes of at least 4 members (excludes halogenated alkanes) is 2. The van der Waals surface area contributed by atoms with Gasteiger partial charge in [0, 0.05) is 25.6 Å². The summed E-state index contributed by atoms with van der Waals surface area (Å²) in [6, 6.07) is 16.7. The number of rotatable bonds is 9. The number of aliphatic hydroxyl groups is 1. The SMILES string of the molecule is CCCCCC(O)(c1ccc(F)cc1)C(CN1CCOCC1)c1ccccc1. The van der Waals surface area contributed by atoms with Crippen molar-refractivity contribution >= 4 is 0 Å². The quantitative estimate of drug-likeness (QED) is 0.635. The molecule has 28 heavy (non-hydrogen) atoms. The molecule has 0 spiro atoms. The van der Waals surface area contributed by atoms with Gasteiger partial charge >= 0.3 is 0 Å². The standard InChI is InChI=1S/C24H32FNO2/c1-2-3-7-14-24(27,21-10-12-22(25)13-11-21)23(20-8-5-4-6-9-20)19-26-15-17-28-18-16-26/h4-6,8-13,23,27H,2-3,7,14-19H2,1H3. The summed E-state index contributed by atoms with van der Waals surface area (Å²) in [6.07, 6.45) is 3.77. The third-order valence-electron chi connectivity index (χ3n) is 5.83. The van der Waals surface area contributed by atoms with Crippen molar-refractivity contribution in [3.05, 3.63) is 71.5 Å². The van der Waals surface area contributed by atoms with Crippen LogP contribution in [-0.4, -0.2) is 42.9 Å². The Labute approximate surface area is 168 Å². The van der Waals surface area contributed by atoms with Crippen molar-refractivity contribution in [2.75, 3.05) is 32.8 Å². The lowest BCUT2D eigenvalue weighted by Gasteiger charge is -2.41. The van der Waals surface area contributed by atoms with Gasteiger partial charge in [0.05, 0.1) is 18.8 Å². The molecule has 0 aliphatic carbocycles. The highest BCUT2D eigenvalue weighted by atomic mass is 19.1. The molecule has 0 saturated carbocycles. The Hall–Kier alpha value is -1.75. The maximum Gasteiger partial charge on any atom is 0.123 e. The topological polar surface area (TPSA) is 32.7 Å². The van der Waals surface area contributed by atoms with Gasteiger partial charge in [0.15, 0.2) is 0 Å². The van der Waals surface area contributed by atoms with Crippen molar-refractivity contribution in [3.63, 3.8) is 0 Å². The summed E-state index contributed by atoms with van der Waals surface area (Å²) in [6.45, 7) is 6.13. The van der Waals surface area contributed by atoms with Crippen molar-refractivity contribution in [3.8, 4) is 0 Å². The highest BCUT2D eigenvalue weighted by Crippen LogP contribution is 2.42. The maximum absolute atomic E-state index is 13.6. The summed E-state index contributed by atoms with van der Waals surface area (Å²) >= 11 is 0. The van der Waals surface area contributed by atoms with Crippen LogP contribution >= 0.6 is 0 Å². The first-order chi connectivity index (χ1) is 13.6. The minimum absolute atomic E-state index is 0.0888. The summed E-state index contributed by atoms with van der Waals surface area (Å²) in [4.78, 5) is 2.37. The van der Waals surface area contributed by atoms with E-state index < -0.39 is 5.60 Å². The van der Waals surface area contributed by atoms with E-state index in [1.807, 2.05) is 18.2 Å². The molecule has 0 radical (unpaired) electrons. The fraction of sp³-hybridized carbons (Fsp3) is 0.500. The molecule has 152 valence electrons. The molecule has 1 saturated heterocycles. The van der Waals surface area contributed by atoms with E-state index in [0.29, 0.717) is 6.42 Å². The molecule has 0 aromatic heterocycles. The van der Waals surface area contributed by atoms with Crippen LogP contribution < -0.4 is 0 Å². The number of nitrogens with zero attached hydrogens (tertiary/aromatic N) is 1. The fourth-order valence-electron chi connectivity index (χ4n) is 4.16. The van der Waals surface area contributed by atoms with E-state index in [-0.39, 0.29) is 11.7 Å².